The molecular formula is C15H15N5O4. The molecule has 1 fully saturated rings. The van der Waals surface area contributed by atoms with E-state index in [-0.39, 0.29) is 5.69 Å². The summed E-state index contributed by atoms with van der Waals surface area (Å²) < 4.78 is 5.30. The number of hydrogen-bond acceptors (Lipinski definition) is 7. The van der Waals surface area contributed by atoms with Crippen LogP contribution >= 0.6 is 0 Å². The highest BCUT2D eigenvalue weighted by Gasteiger charge is 2.14. The maximum Gasteiger partial charge on any atom is 0.269 e. The number of nitro groups is 1. The van der Waals surface area contributed by atoms with Crippen molar-refractivity contribution in [2.24, 2.45) is 0 Å². The number of anilines is 2. The van der Waals surface area contributed by atoms with Crippen LogP contribution in [0.5, 0.6) is 0 Å². The van der Waals surface area contributed by atoms with Crippen LogP contribution in [0, 0.1) is 10.1 Å². The molecule has 2 aromatic rings. The van der Waals surface area contributed by atoms with Gasteiger partial charge in [0.2, 0.25) is 0 Å². The van der Waals surface area contributed by atoms with Crippen molar-refractivity contribution in [3.05, 3.63) is 52.3 Å². The van der Waals surface area contributed by atoms with Gasteiger partial charge in [-0.25, -0.2) is 9.97 Å². The van der Waals surface area contributed by atoms with Crippen LogP contribution in [0.1, 0.15) is 10.4 Å². The third-order valence-electron chi connectivity index (χ3n) is 3.57. The van der Waals surface area contributed by atoms with E-state index in [4.69, 9.17) is 4.74 Å². The van der Waals surface area contributed by atoms with Gasteiger partial charge >= 0.3 is 0 Å². The molecule has 1 aromatic carbocycles. The van der Waals surface area contributed by atoms with Crippen molar-refractivity contribution in [2.45, 2.75) is 0 Å². The molecule has 1 N–H and O–H groups in total. The molecule has 124 valence electrons. The summed E-state index contributed by atoms with van der Waals surface area (Å²) >= 11 is 0. The summed E-state index contributed by atoms with van der Waals surface area (Å²) in [7, 11) is 0. The largest absolute Gasteiger partial charge is 0.378 e. The highest BCUT2D eigenvalue weighted by molar-refractivity contribution is 6.04. The molecule has 9 heteroatoms. The topological polar surface area (TPSA) is 110 Å². The zero-order valence-corrected chi connectivity index (χ0v) is 12.7. The average molecular weight is 329 g/mol. The van der Waals surface area contributed by atoms with Gasteiger partial charge in [-0.15, -0.1) is 0 Å². The van der Waals surface area contributed by atoms with Gasteiger partial charge in [0, 0.05) is 36.9 Å². The molecular weight excluding hydrogens is 314 g/mol. The van der Waals surface area contributed by atoms with E-state index in [1.54, 1.807) is 6.07 Å². The highest BCUT2D eigenvalue weighted by Crippen LogP contribution is 2.17. The number of non-ortho nitro benzene ring substituents is 1. The van der Waals surface area contributed by atoms with Crippen LogP contribution in [0.4, 0.5) is 17.3 Å². The number of aromatic nitrogens is 2. The Labute approximate surface area is 137 Å². The third-order valence-corrected chi connectivity index (χ3v) is 3.57. The van der Waals surface area contributed by atoms with Gasteiger partial charge in [0.15, 0.2) is 0 Å². The Morgan fingerprint density at radius 3 is 2.58 bits per heavy atom. The molecule has 0 radical (unpaired) electrons. The fraction of sp³-hybridized carbons (Fsp3) is 0.267. The Morgan fingerprint density at radius 1 is 1.21 bits per heavy atom. The van der Waals surface area contributed by atoms with Crippen LogP contribution in [0.15, 0.2) is 36.7 Å². The Hall–Kier alpha value is -3.07. The fourth-order valence-corrected chi connectivity index (χ4v) is 2.30. The molecule has 24 heavy (non-hydrogen) atoms. The van der Waals surface area contributed by atoms with Crippen LogP contribution in [0.3, 0.4) is 0 Å². The normalized spacial score (nSPS) is 14.2. The van der Waals surface area contributed by atoms with E-state index in [2.05, 4.69) is 15.3 Å². The molecule has 0 atom stereocenters. The predicted octanol–water partition coefficient (Wildman–Crippen LogP) is 1.47. The van der Waals surface area contributed by atoms with Crippen LogP contribution in [0.25, 0.3) is 0 Å². The minimum absolute atomic E-state index is 0.0665. The second kappa shape index (κ2) is 7.01. The number of rotatable bonds is 4. The van der Waals surface area contributed by atoms with Crippen molar-refractivity contribution < 1.29 is 14.5 Å². The Kier molecular flexibility index (Phi) is 4.62. The summed E-state index contributed by atoms with van der Waals surface area (Å²) in [6.07, 6.45) is 1.39. The van der Waals surface area contributed by atoms with Crippen LogP contribution in [-0.4, -0.2) is 47.1 Å². The summed E-state index contributed by atoms with van der Waals surface area (Å²) in [5, 5.41) is 13.3. The van der Waals surface area contributed by atoms with E-state index in [9.17, 15) is 14.9 Å². The van der Waals surface area contributed by atoms with Gasteiger partial charge < -0.3 is 15.0 Å². The number of nitro benzene ring substituents is 1. The fourth-order valence-electron chi connectivity index (χ4n) is 2.30. The number of benzene rings is 1. The number of nitrogens with one attached hydrogen (secondary N) is 1. The molecule has 1 aliphatic heterocycles. The monoisotopic (exact) mass is 329 g/mol. The lowest BCUT2D eigenvalue weighted by molar-refractivity contribution is -0.384. The average Bonchev–Trinajstić information content (AvgIpc) is 2.63. The molecule has 2 heterocycles. The first-order valence-corrected chi connectivity index (χ1v) is 7.34. The van der Waals surface area contributed by atoms with Gasteiger partial charge in [-0.05, 0) is 12.1 Å². The lowest BCUT2D eigenvalue weighted by Crippen LogP contribution is -2.36. The second-order valence-corrected chi connectivity index (χ2v) is 5.12. The quantitative estimate of drug-likeness (QED) is 0.668. The van der Waals surface area contributed by atoms with E-state index in [1.165, 1.54) is 30.6 Å². The lowest BCUT2D eigenvalue weighted by Gasteiger charge is -2.27. The summed E-state index contributed by atoms with van der Waals surface area (Å²) in [4.78, 5) is 32.6. The van der Waals surface area contributed by atoms with Gasteiger partial charge in [0.25, 0.3) is 11.6 Å². The van der Waals surface area contributed by atoms with Gasteiger partial charge in [0.1, 0.15) is 18.0 Å². The smallest absolute Gasteiger partial charge is 0.269 e. The number of morpholine rings is 1. The Morgan fingerprint density at radius 2 is 1.92 bits per heavy atom. The minimum atomic E-state index is -0.513. The molecule has 1 saturated heterocycles. The van der Waals surface area contributed by atoms with Crippen molar-refractivity contribution >= 4 is 23.2 Å². The SMILES string of the molecule is O=C(Nc1cc(N2CCOCC2)ncn1)c1ccc([N+](=O)[O-])cc1. The number of ether oxygens (including phenoxy) is 1. The molecule has 0 bridgehead atoms. The lowest BCUT2D eigenvalue weighted by atomic mass is 10.2. The van der Waals surface area contributed by atoms with E-state index < -0.39 is 10.8 Å². The Balaban J connectivity index is 1.70. The van der Waals surface area contributed by atoms with Gasteiger partial charge in [0.05, 0.1) is 18.1 Å². The molecule has 0 spiro atoms. The summed E-state index contributed by atoms with van der Waals surface area (Å²) in [5.41, 5.74) is 0.246. The van der Waals surface area contributed by atoms with E-state index >= 15 is 0 Å². The Bertz CT molecular complexity index is 744. The summed E-state index contributed by atoms with van der Waals surface area (Å²) in [5.74, 6) is 0.693. The number of carbonyl (C=O) groups excluding carboxylic acids is 1. The predicted molar refractivity (Wildman–Crippen MR) is 86.1 cm³/mol. The third kappa shape index (κ3) is 3.63. The molecule has 3 rings (SSSR count). The van der Waals surface area contributed by atoms with Gasteiger partial charge in [-0.3, -0.25) is 14.9 Å². The first-order valence-electron chi connectivity index (χ1n) is 7.34. The first kappa shape index (κ1) is 15.8. The molecule has 1 aromatic heterocycles. The summed E-state index contributed by atoms with van der Waals surface area (Å²) in [6, 6.07) is 7.06. The number of carbonyl (C=O) groups is 1. The molecule has 1 aliphatic rings. The summed E-state index contributed by atoms with van der Waals surface area (Å²) in [6.45, 7) is 2.72. The second-order valence-electron chi connectivity index (χ2n) is 5.12. The van der Waals surface area contributed by atoms with Crippen molar-refractivity contribution in [1.82, 2.24) is 9.97 Å². The zero-order valence-electron chi connectivity index (χ0n) is 12.7. The molecule has 0 aliphatic carbocycles. The number of nitrogens with zero attached hydrogens (tertiary/aromatic N) is 4. The molecule has 9 nitrogen and oxygen atoms in total. The van der Waals surface area contributed by atoms with E-state index in [0.717, 1.165) is 13.1 Å². The highest BCUT2D eigenvalue weighted by atomic mass is 16.6. The van der Waals surface area contributed by atoms with Crippen molar-refractivity contribution in [2.75, 3.05) is 36.5 Å². The number of amides is 1. The van der Waals surface area contributed by atoms with Crippen LogP contribution in [-0.2, 0) is 4.74 Å². The van der Waals surface area contributed by atoms with Crippen molar-refractivity contribution in [1.29, 1.82) is 0 Å². The van der Waals surface area contributed by atoms with Crippen LogP contribution in [0.2, 0.25) is 0 Å². The standard InChI is InChI=1S/C15H15N5O4/c21-15(11-1-3-12(4-2-11)20(22)23)18-13-9-14(17-10-16-13)19-5-7-24-8-6-19/h1-4,9-10H,5-8H2,(H,16,17,18,21). The molecule has 0 unspecified atom stereocenters. The maximum absolute atomic E-state index is 12.2. The van der Waals surface area contributed by atoms with Gasteiger partial charge in [-0.2, -0.15) is 0 Å². The van der Waals surface area contributed by atoms with E-state index in [1.807, 2.05) is 4.90 Å². The zero-order chi connectivity index (χ0) is 16.9. The molecule has 1 amide bonds. The number of hydrogen-bond donors (Lipinski definition) is 1. The van der Waals surface area contributed by atoms with Crippen LogP contribution < -0.4 is 10.2 Å². The van der Waals surface area contributed by atoms with Crippen molar-refractivity contribution in [3.63, 3.8) is 0 Å². The first-order chi connectivity index (χ1) is 11.6. The maximum atomic E-state index is 12.2. The van der Waals surface area contributed by atoms with Gasteiger partial charge in [-0.1, -0.05) is 0 Å². The molecule has 0 saturated carbocycles. The van der Waals surface area contributed by atoms with E-state index in [0.29, 0.717) is 30.4 Å². The van der Waals surface area contributed by atoms with Crippen molar-refractivity contribution in [3.8, 4) is 0 Å². The minimum Gasteiger partial charge on any atom is -0.378 e.